The zero-order chi connectivity index (χ0) is 15.0. The number of nitrogens with one attached hydrogen (secondary N) is 1. The van der Waals surface area contributed by atoms with E-state index in [1.54, 1.807) is 18.2 Å². The lowest BCUT2D eigenvalue weighted by Crippen LogP contribution is -2.43. The van der Waals surface area contributed by atoms with Crippen LogP contribution in [0.25, 0.3) is 0 Å². The number of furan rings is 1. The average molecular weight is 312 g/mol. The second kappa shape index (κ2) is 5.46. The van der Waals surface area contributed by atoms with E-state index < -0.39 is 21.1 Å². The summed E-state index contributed by atoms with van der Waals surface area (Å²) in [6.07, 6.45) is 3.65. The van der Waals surface area contributed by atoms with Crippen molar-refractivity contribution in [2.75, 3.05) is 25.9 Å². The maximum atomic E-state index is 12.6. The Bertz CT molecular complexity index is 637. The maximum absolute atomic E-state index is 12.6. The number of fused-ring (bicyclic) bond motifs is 1. The third kappa shape index (κ3) is 2.60. The van der Waals surface area contributed by atoms with E-state index in [1.165, 1.54) is 0 Å². The van der Waals surface area contributed by atoms with Gasteiger partial charge in [-0.05, 0) is 37.9 Å². The van der Waals surface area contributed by atoms with E-state index in [2.05, 4.69) is 5.32 Å². The third-order valence-corrected chi connectivity index (χ3v) is 6.69. The molecule has 116 valence electrons. The number of carbonyl (C=O) groups excluding carboxylic acids is 1. The largest absolute Gasteiger partial charge is 0.467 e. The molecule has 3 heterocycles. The molecule has 1 aromatic rings. The van der Waals surface area contributed by atoms with E-state index >= 15 is 0 Å². The average Bonchev–Trinajstić information content (AvgIpc) is 2.99. The summed E-state index contributed by atoms with van der Waals surface area (Å²) < 4.78 is 29.4. The van der Waals surface area contributed by atoms with Crippen molar-refractivity contribution >= 4 is 15.7 Å². The minimum Gasteiger partial charge on any atom is -0.467 e. The van der Waals surface area contributed by atoms with Crippen molar-refractivity contribution in [2.45, 2.75) is 30.6 Å². The first-order chi connectivity index (χ1) is 10.0. The number of sulfone groups is 1. The van der Waals surface area contributed by atoms with Crippen molar-refractivity contribution in [3.8, 4) is 0 Å². The maximum Gasteiger partial charge on any atom is 0.247 e. The lowest BCUT2D eigenvalue weighted by Gasteiger charge is -2.26. The smallest absolute Gasteiger partial charge is 0.247 e. The van der Waals surface area contributed by atoms with Gasteiger partial charge in [0.25, 0.3) is 0 Å². The topological polar surface area (TPSA) is 79.6 Å². The SMILES string of the molecule is CNC1C(=O)N(CC2CCCS2(=O)=O)CCc2ccoc21. The minimum atomic E-state index is -3.04. The van der Waals surface area contributed by atoms with E-state index in [-0.39, 0.29) is 11.7 Å². The van der Waals surface area contributed by atoms with Gasteiger partial charge in [-0.15, -0.1) is 0 Å². The number of amides is 1. The predicted molar refractivity (Wildman–Crippen MR) is 77.6 cm³/mol. The summed E-state index contributed by atoms with van der Waals surface area (Å²) in [6.45, 7) is 0.833. The van der Waals surface area contributed by atoms with Gasteiger partial charge in [-0.25, -0.2) is 8.42 Å². The second-order valence-electron chi connectivity index (χ2n) is 5.70. The Labute approximate surface area is 124 Å². The van der Waals surface area contributed by atoms with Gasteiger partial charge in [0.2, 0.25) is 5.91 Å². The lowest BCUT2D eigenvalue weighted by atomic mass is 10.1. The predicted octanol–water partition coefficient (Wildman–Crippen LogP) is 0.502. The summed E-state index contributed by atoms with van der Waals surface area (Å²) in [7, 11) is -1.32. The number of rotatable bonds is 3. The van der Waals surface area contributed by atoms with Crippen molar-refractivity contribution in [3.63, 3.8) is 0 Å². The van der Waals surface area contributed by atoms with Crippen LogP contribution in [0.3, 0.4) is 0 Å². The van der Waals surface area contributed by atoms with Crippen molar-refractivity contribution in [3.05, 3.63) is 23.7 Å². The van der Waals surface area contributed by atoms with Crippen molar-refractivity contribution in [2.24, 2.45) is 0 Å². The first kappa shape index (κ1) is 14.6. The molecule has 2 unspecified atom stereocenters. The van der Waals surface area contributed by atoms with Gasteiger partial charge < -0.3 is 14.6 Å². The zero-order valence-corrected chi connectivity index (χ0v) is 12.9. The molecule has 1 saturated heterocycles. The van der Waals surface area contributed by atoms with Crippen LogP contribution in [0.1, 0.15) is 30.2 Å². The van der Waals surface area contributed by atoms with Gasteiger partial charge in [-0.3, -0.25) is 4.79 Å². The fourth-order valence-electron chi connectivity index (χ4n) is 3.21. The fourth-order valence-corrected chi connectivity index (χ4v) is 5.05. The van der Waals surface area contributed by atoms with Gasteiger partial charge >= 0.3 is 0 Å². The van der Waals surface area contributed by atoms with Gasteiger partial charge in [-0.1, -0.05) is 0 Å². The fraction of sp³-hybridized carbons (Fsp3) is 0.643. The summed E-state index contributed by atoms with van der Waals surface area (Å²) in [5.41, 5.74) is 1.01. The first-order valence-electron chi connectivity index (χ1n) is 7.27. The van der Waals surface area contributed by atoms with Crippen LogP contribution in [0.4, 0.5) is 0 Å². The summed E-state index contributed by atoms with van der Waals surface area (Å²) in [5, 5.41) is 2.56. The Morgan fingerprint density at radius 1 is 1.48 bits per heavy atom. The van der Waals surface area contributed by atoms with E-state index in [4.69, 9.17) is 4.42 Å². The molecule has 0 spiro atoms. The van der Waals surface area contributed by atoms with Crippen LogP contribution in [0.15, 0.2) is 16.7 Å². The minimum absolute atomic E-state index is 0.103. The van der Waals surface area contributed by atoms with Crippen LogP contribution >= 0.6 is 0 Å². The summed E-state index contributed by atoms with van der Waals surface area (Å²) in [5.74, 6) is 0.794. The molecule has 2 aliphatic heterocycles. The van der Waals surface area contributed by atoms with E-state index in [9.17, 15) is 13.2 Å². The molecule has 0 aromatic carbocycles. The molecule has 0 saturated carbocycles. The van der Waals surface area contributed by atoms with Crippen LogP contribution in [0, 0.1) is 0 Å². The third-order valence-electron chi connectivity index (χ3n) is 4.43. The Morgan fingerprint density at radius 2 is 2.29 bits per heavy atom. The molecule has 0 radical (unpaired) electrons. The first-order valence-corrected chi connectivity index (χ1v) is 8.98. The molecule has 1 N–H and O–H groups in total. The molecule has 1 amide bonds. The normalized spacial score (nSPS) is 28.4. The van der Waals surface area contributed by atoms with Crippen LogP contribution in [0.2, 0.25) is 0 Å². The molecule has 21 heavy (non-hydrogen) atoms. The monoisotopic (exact) mass is 312 g/mol. The van der Waals surface area contributed by atoms with E-state index in [1.807, 2.05) is 6.07 Å². The molecular formula is C14H20N2O4S. The molecule has 2 atom stereocenters. The van der Waals surface area contributed by atoms with Crippen LogP contribution in [0.5, 0.6) is 0 Å². The molecule has 1 fully saturated rings. The highest BCUT2D eigenvalue weighted by Gasteiger charge is 2.37. The Morgan fingerprint density at radius 3 is 2.95 bits per heavy atom. The van der Waals surface area contributed by atoms with Crippen LogP contribution in [-0.2, 0) is 21.1 Å². The van der Waals surface area contributed by atoms with Crippen molar-refractivity contribution < 1.29 is 17.6 Å². The molecular weight excluding hydrogens is 292 g/mol. The van der Waals surface area contributed by atoms with Crippen LogP contribution < -0.4 is 5.32 Å². The van der Waals surface area contributed by atoms with Crippen molar-refractivity contribution in [1.29, 1.82) is 0 Å². The molecule has 2 aliphatic rings. The van der Waals surface area contributed by atoms with Gasteiger partial charge in [0, 0.05) is 13.1 Å². The van der Waals surface area contributed by atoms with Gasteiger partial charge in [0.15, 0.2) is 9.84 Å². The molecule has 6 nitrogen and oxygen atoms in total. The summed E-state index contributed by atoms with van der Waals surface area (Å²) >= 11 is 0. The van der Waals surface area contributed by atoms with Crippen LogP contribution in [-0.4, -0.2) is 50.4 Å². The molecule has 1 aromatic heterocycles. The molecule has 3 rings (SSSR count). The van der Waals surface area contributed by atoms with Gasteiger partial charge in [0.1, 0.15) is 11.8 Å². The Kier molecular flexibility index (Phi) is 3.79. The number of hydrogen-bond acceptors (Lipinski definition) is 5. The Hall–Kier alpha value is -1.34. The number of hydrogen-bond donors (Lipinski definition) is 1. The van der Waals surface area contributed by atoms with E-state index in [0.29, 0.717) is 38.1 Å². The van der Waals surface area contributed by atoms with Gasteiger partial charge in [-0.2, -0.15) is 0 Å². The molecule has 7 heteroatoms. The molecule has 0 bridgehead atoms. The highest BCUT2D eigenvalue weighted by atomic mass is 32.2. The van der Waals surface area contributed by atoms with E-state index in [0.717, 1.165) is 5.56 Å². The highest BCUT2D eigenvalue weighted by molar-refractivity contribution is 7.92. The standard InChI is InChI=1S/C14H20N2O4S/c1-15-12-13-10(5-7-20-13)4-6-16(14(12)17)9-11-3-2-8-21(11,18)19/h5,7,11-12,15H,2-4,6,8-9H2,1H3. The summed E-state index contributed by atoms with van der Waals surface area (Å²) in [4.78, 5) is 14.3. The summed E-state index contributed by atoms with van der Waals surface area (Å²) in [6, 6.07) is 1.35. The van der Waals surface area contributed by atoms with Crippen molar-refractivity contribution in [1.82, 2.24) is 10.2 Å². The van der Waals surface area contributed by atoms with Gasteiger partial charge in [0.05, 0.1) is 17.3 Å². The zero-order valence-electron chi connectivity index (χ0n) is 12.0. The quantitative estimate of drug-likeness (QED) is 0.879. The number of carbonyl (C=O) groups is 1. The number of nitrogens with zero attached hydrogens (tertiary/aromatic N) is 1. The Balaban J connectivity index is 1.82. The second-order valence-corrected chi connectivity index (χ2v) is 8.10. The highest BCUT2D eigenvalue weighted by Crippen LogP contribution is 2.27. The lowest BCUT2D eigenvalue weighted by molar-refractivity contribution is -0.133. The number of likely N-dealkylation sites (N-methyl/N-ethyl adjacent to an activating group) is 1. The molecule has 0 aliphatic carbocycles.